The van der Waals surface area contributed by atoms with Gasteiger partial charge in [-0.2, -0.15) is 0 Å². The molecule has 3 heteroatoms. The van der Waals surface area contributed by atoms with E-state index in [1.807, 2.05) is 0 Å². The minimum Gasteiger partial charge on any atom is -0.314 e. The van der Waals surface area contributed by atoms with E-state index in [9.17, 15) is 0 Å². The molecule has 1 aromatic carbocycles. The van der Waals surface area contributed by atoms with Crippen LogP contribution in [0.15, 0.2) is 30.3 Å². The van der Waals surface area contributed by atoms with Crippen LogP contribution in [-0.2, 0) is 0 Å². The molecule has 0 aromatic heterocycles. The van der Waals surface area contributed by atoms with Crippen molar-refractivity contribution in [3.63, 3.8) is 0 Å². The molecule has 0 bridgehead atoms. The van der Waals surface area contributed by atoms with Crippen molar-refractivity contribution < 1.29 is 0 Å². The van der Waals surface area contributed by atoms with Gasteiger partial charge in [-0.25, -0.2) is 0 Å². The Balaban J connectivity index is 1.63. The standard InChI is InChI=1S/C17H27N3/c1-2-17(15-6-4-3-5-7-15)20-11-8-16(14-20)19-12-9-18-10-13-19/h3-7,16-18H,2,8-14H2,1H3. The van der Waals surface area contributed by atoms with Gasteiger partial charge in [-0.15, -0.1) is 0 Å². The van der Waals surface area contributed by atoms with Crippen molar-refractivity contribution in [3.8, 4) is 0 Å². The minimum atomic E-state index is 0.601. The summed E-state index contributed by atoms with van der Waals surface area (Å²) in [5.41, 5.74) is 1.48. The first kappa shape index (κ1) is 14.1. The average Bonchev–Trinajstić information content (AvgIpc) is 3.00. The second-order valence-electron chi connectivity index (χ2n) is 6.06. The molecule has 0 aliphatic carbocycles. The van der Waals surface area contributed by atoms with Gasteiger partial charge in [0.15, 0.2) is 0 Å². The molecule has 1 N–H and O–H groups in total. The Hall–Kier alpha value is -0.900. The Morgan fingerprint density at radius 2 is 1.90 bits per heavy atom. The van der Waals surface area contributed by atoms with Gasteiger partial charge < -0.3 is 5.32 Å². The maximum atomic E-state index is 3.45. The van der Waals surface area contributed by atoms with Crippen LogP contribution in [0.3, 0.4) is 0 Å². The van der Waals surface area contributed by atoms with Gasteiger partial charge in [0.1, 0.15) is 0 Å². The summed E-state index contributed by atoms with van der Waals surface area (Å²) in [7, 11) is 0. The molecule has 110 valence electrons. The van der Waals surface area contributed by atoms with E-state index >= 15 is 0 Å². The van der Waals surface area contributed by atoms with Gasteiger partial charge in [0.05, 0.1) is 0 Å². The Kier molecular flexibility index (Phi) is 4.71. The molecule has 0 amide bonds. The summed E-state index contributed by atoms with van der Waals surface area (Å²) in [5.74, 6) is 0. The molecule has 2 aliphatic heterocycles. The molecule has 2 unspecified atom stereocenters. The van der Waals surface area contributed by atoms with Crippen LogP contribution in [0.4, 0.5) is 0 Å². The second-order valence-corrected chi connectivity index (χ2v) is 6.06. The predicted octanol–water partition coefficient (Wildman–Crippen LogP) is 2.12. The van der Waals surface area contributed by atoms with Crippen LogP contribution in [0.5, 0.6) is 0 Å². The van der Waals surface area contributed by atoms with Crippen LogP contribution >= 0.6 is 0 Å². The maximum Gasteiger partial charge on any atom is 0.0346 e. The van der Waals surface area contributed by atoms with E-state index in [4.69, 9.17) is 0 Å². The fourth-order valence-electron chi connectivity index (χ4n) is 3.78. The lowest BCUT2D eigenvalue weighted by atomic mass is 10.0. The van der Waals surface area contributed by atoms with Crippen molar-refractivity contribution in [2.45, 2.75) is 31.8 Å². The van der Waals surface area contributed by atoms with Crippen molar-refractivity contribution in [1.82, 2.24) is 15.1 Å². The summed E-state index contributed by atoms with van der Waals surface area (Å²) in [5, 5.41) is 3.45. The molecule has 3 nitrogen and oxygen atoms in total. The van der Waals surface area contributed by atoms with Gasteiger partial charge in [-0.3, -0.25) is 9.80 Å². The number of nitrogens with one attached hydrogen (secondary N) is 1. The summed E-state index contributed by atoms with van der Waals surface area (Å²) in [4.78, 5) is 5.39. The van der Waals surface area contributed by atoms with Crippen molar-refractivity contribution in [2.75, 3.05) is 39.3 Å². The Morgan fingerprint density at radius 3 is 2.60 bits per heavy atom. The Labute approximate surface area is 123 Å². The van der Waals surface area contributed by atoms with Gasteiger partial charge >= 0.3 is 0 Å². The van der Waals surface area contributed by atoms with Gasteiger partial charge in [-0.1, -0.05) is 37.3 Å². The lowest BCUT2D eigenvalue weighted by Gasteiger charge is -2.34. The summed E-state index contributed by atoms with van der Waals surface area (Å²) in [6.07, 6.45) is 2.54. The number of piperazine rings is 1. The van der Waals surface area contributed by atoms with E-state index in [0.717, 1.165) is 19.1 Å². The van der Waals surface area contributed by atoms with E-state index in [2.05, 4.69) is 52.4 Å². The Bertz CT molecular complexity index is 400. The van der Waals surface area contributed by atoms with Crippen LogP contribution in [0.1, 0.15) is 31.4 Å². The molecule has 20 heavy (non-hydrogen) atoms. The highest BCUT2D eigenvalue weighted by atomic mass is 15.3. The lowest BCUT2D eigenvalue weighted by molar-refractivity contribution is 0.158. The predicted molar refractivity (Wildman–Crippen MR) is 83.9 cm³/mol. The van der Waals surface area contributed by atoms with Gasteiger partial charge in [0, 0.05) is 51.4 Å². The minimum absolute atomic E-state index is 0.601. The van der Waals surface area contributed by atoms with Crippen LogP contribution in [0.25, 0.3) is 0 Å². The zero-order chi connectivity index (χ0) is 13.8. The zero-order valence-electron chi connectivity index (χ0n) is 12.6. The summed E-state index contributed by atoms with van der Waals surface area (Å²) >= 11 is 0. The first-order chi connectivity index (χ1) is 9.88. The quantitative estimate of drug-likeness (QED) is 0.906. The molecule has 0 radical (unpaired) electrons. The average molecular weight is 273 g/mol. The molecule has 0 saturated carbocycles. The highest BCUT2D eigenvalue weighted by molar-refractivity contribution is 5.19. The summed E-state index contributed by atoms with van der Waals surface area (Å²) < 4.78 is 0. The maximum absolute atomic E-state index is 3.45. The molecule has 2 atom stereocenters. The third kappa shape index (κ3) is 3.05. The van der Waals surface area contributed by atoms with Crippen LogP contribution < -0.4 is 5.32 Å². The van der Waals surface area contributed by atoms with E-state index in [0.29, 0.717) is 6.04 Å². The van der Waals surface area contributed by atoms with Gasteiger partial charge in [0.2, 0.25) is 0 Å². The van der Waals surface area contributed by atoms with Gasteiger partial charge in [0.25, 0.3) is 0 Å². The fraction of sp³-hybridized carbons (Fsp3) is 0.647. The Morgan fingerprint density at radius 1 is 1.15 bits per heavy atom. The molecule has 2 heterocycles. The molecule has 0 spiro atoms. The molecule has 2 aliphatic rings. The number of hydrogen-bond donors (Lipinski definition) is 1. The third-order valence-electron chi connectivity index (χ3n) is 4.87. The van der Waals surface area contributed by atoms with E-state index < -0.39 is 0 Å². The highest BCUT2D eigenvalue weighted by Gasteiger charge is 2.31. The number of hydrogen-bond acceptors (Lipinski definition) is 3. The molecular formula is C17H27N3. The highest BCUT2D eigenvalue weighted by Crippen LogP contribution is 2.29. The van der Waals surface area contributed by atoms with E-state index in [1.54, 1.807) is 0 Å². The lowest BCUT2D eigenvalue weighted by Crippen LogP contribution is -2.49. The van der Waals surface area contributed by atoms with Crippen LogP contribution in [0, 0.1) is 0 Å². The fourth-order valence-corrected chi connectivity index (χ4v) is 3.78. The SMILES string of the molecule is CCC(c1ccccc1)N1CCC(N2CCNCC2)C1. The van der Waals surface area contributed by atoms with E-state index in [-0.39, 0.29) is 0 Å². The number of rotatable bonds is 4. The van der Waals surface area contributed by atoms with Crippen molar-refractivity contribution in [3.05, 3.63) is 35.9 Å². The summed E-state index contributed by atoms with van der Waals surface area (Å²) in [6, 6.07) is 12.4. The molecule has 1 aromatic rings. The normalized spacial score (nSPS) is 26.8. The zero-order valence-corrected chi connectivity index (χ0v) is 12.6. The topological polar surface area (TPSA) is 18.5 Å². The van der Waals surface area contributed by atoms with Gasteiger partial charge in [-0.05, 0) is 18.4 Å². The first-order valence-corrected chi connectivity index (χ1v) is 8.12. The van der Waals surface area contributed by atoms with Crippen molar-refractivity contribution >= 4 is 0 Å². The number of benzene rings is 1. The second kappa shape index (κ2) is 6.70. The van der Waals surface area contributed by atoms with Crippen LogP contribution in [-0.4, -0.2) is 55.1 Å². The van der Waals surface area contributed by atoms with E-state index in [1.165, 1.54) is 44.6 Å². The largest absolute Gasteiger partial charge is 0.314 e. The number of nitrogens with zero attached hydrogens (tertiary/aromatic N) is 2. The smallest absolute Gasteiger partial charge is 0.0346 e. The molecular weight excluding hydrogens is 246 g/mol. The third-order valence-corrected chi connectivity index (χ3v) is 4.87. The van der Waals surface area contributed by atoms with Crippen LogP contribution in [0.2, 0.25) is 0 Å². The monoisotopic (exact) mass is 273 g/mol. The van der Waals surface area contributed by atoms with Crippen molar-refractivity contribution in [2.24, 2.45) is 0 Å². The molecule has 2 saturated heterocycles. The molecule has 2 fully saturated rings. The number of likely N-dealkylation sites (tertiary alicyclic amines) is 1. The van der Waals surface area contributed by atoms with Crippen molar-refractivity contribution in [1.29, 1.82) is 0 Å². The summed E-state index contributed by atoms with van der Waals surface area (Å²) in [6.45, 7) is 9.57. The molecule has 3 rings (SSSR count). The first-order valence-electron chi connectivity index (χ1n) is 8.12.